The van der Waals surface area contributed by atoms with E-state index in [2.05, 4.69) is 19.9 Å². The van der Waals surface area contributed by atoms with Crippen LogP contribution in [0.4, 0.5) is 0 Å². The lowest BCUT2D eigenvalue weighted by Crippen LogP contribution is -1.96. The van der Waals surface area contributed by atoms with Crippen LogP contribution in [-0.4, -0.2) is 5.24 Å². The predicted octanol–water partition coefficient (Wildman–Crippen LogP) is 2.99. The Morgan fingerprint density at radius 2 is 1.92 bits per heavy atom. The predicted molar refractivity (Wildman–Crippen MR) is 51.1 cm³/mol. The molecule has 0 N–H and O–H groups in total. The number of hydrogen-bond donors (Lipinski definition) is 0. The van der Waals surface area contributed by atoms with Gasteiger partial charge in [-0.15, -0.1) is 0 Å². The fraction of sp³-hybridized carbons (Fsp3) is 0.700. The zero-order chi connectivity index (χ0) is 9.52. The van der Waals surface area contributed by atoms with E-state index >= 15 is 0 Å². The number of halogens is 1. The van der Waals surface area contributed by atoms with Crippen LogP contribution in [-0.2, 0) is 4.79 Å². The third-order valence-electron chi connectivity index (χ3n) is 2.67. The topological polar surface area (TPSA) is 17.1 Å². The molecule has 0 radical (unpaired) electrons. The van der Waals surface area contributed by atoms with Gasteiger partial charge in [-0.25, -0.2) is 0 Å². The van der Waals surface area contributed by atoms with Gasteiger partial charge in [0.15, 0.2) is 0 Å². The fourth-order valence-electron chi connectivity index (χ4n) is 1.78. The molecule has 1 aliphatic rings. The smallest absolute Gasteiger partial charge is 0.225 e. The molecule has 0 amide bonds. The summed E-state index contributed by atoms with van der Waals surface area (Å²) in [5, 5.41) is -0.192. The van der Waals surface area contributed by atoms with Crippen LogP contribution in [0.1, 0.15) is 27.7 Å². The molecular weight excluding hydrogens is 172 g/mol. The molecule has 1 aliphatic carbocycles. The van der Waals surface area contributed by atoms with Crippen molar-refractivity contribution in [2.75, 3.05) is 0 Å². The van der Waals surface area contributed by atoms with Crippen molar-refractivity contribution in [3.05, 3.63) is 11.6 Å². The van der Waals surface area contributed by atoms with E-state index in [9.17, 15) is 4.79 Å². The Morgan fingerprint density at radius 3 is 2.17 bits per heavy atom. The minimum atomic E-state index is -0.192. The molecule has 0 spiro atoms. The van der Waals surface area contributed by atoms with Gasteiger partial charge >= 0.3 is 0 Å². The van der Waals surface area contributed by atoms with Gasteiger partial charge in [0.25, 0.3) is 0 Å². The van der Waals surface area contributed by atoms with Gasteiger partial charge in [-0.3, -0.25) is 4.79 Å². The van der Waals surface area contributed by atoms with Gasteiger partial charge in [-0.2, -0.15) is 0 Å². The molecule has 1 fully saturated rings. The highest BCUT2D eigenvalue weighted by atomic mass is 35.5. The van der Waals surface area contributed by atoms with Crippen LogP contribution >= 0.6 is 11.6 Å². The van der Waals surface area contributed by atoms with Gasteiger partial charge in [0.1, 0.15) is 0 Å². The lowest BCUT2D eigenvalue weighted by atomic mass is 10.1. The van der Waals surface area contributed by atoms with Crippen molar-refractivity contribution in [3.8, 4) is 0 Å². The molecule has 1 saturated carbocycles. The normalized spacial score (nSPS) is 31.1. The van der Waals surface area contributed by atoms with Gasteiger partial charge in [-0.05, 0) is 36.8 Å². The Morgan fingerprint density at radius 1 is 1.42 bits per heavy atom. The van der Waals surface area contributed by atoms with Crippen LogP contribution in [0.2, 0.25) is 0 Å². The van der Waals surface area contributed by atoms with E-state index < -0.39 is 0 Å². The zero-order valence-corrected chi connectivity index (χ0v) is 8.77. The molecular formula is C10H15ClO. The van der Waals surface area contributed by atoms with Crippen LogP contribution in [0, 0.1) is 17.3 Å². The maximum absolute atomic E-state index is 10.9. The van der Waals surface area contributed by atoms with Crippen molar-refractivity contribution < 1.29 is 4.79 Å². The largest absolute Gasteiger partial charge is 0.281 e. The summed E-state index contributed by atoms with van der Waals surface area (Å²) >= 11 is 5.47. The summed E-state index contributed by atoms with van der Waals surface area (Å²) in [6.45, 7) is 8.26. The first-order chi connectivity index (χ1) is 5.37. The molecule has 1 nitrogen and oxygen atoms in total. The Balaban J connectivity index is 2.73. The standard InChI is InChI=1S/C10H15ClO/c1-6(2)5-7-8(9(11)12)10(7,3)4/h5,7-8H,1-4H3/t7?,8-/m0/s1. The molecule has 0 aliphatic heterocycles. The Kier molecular flexibility index (Phi) is 2.35. The SMILES string of the molecule is CC(C)=CC1[C@@H](C(=O)Cl)C1(C)C. The van der Waals surface area contributed by atoms with Crippen LogP contribution < -0.4 is 0 Å². The minimum Gasteiger partial charge on any atom is -0.281 e. The van der Waals surface area contributed by atoms with Crippen molar-refractivity contribution >= 4 is 16.8 Å². The van der Waals surface area contributed by atoms with Gasteiger partial charge in [0, 0.05) is 5.92 Å². The van der Waals surface area contributed by atoms with E-state index in [1.165, 1.54) is 5.57 Å². The lowest BCUT2D eigenvalue weighted by Gasteiger charge is -1.96. The van der Waals surface area contributed by atoms with Crippen molar-refractivity contribution in [2.45, 2.75) is 27.7 Å². The molecule has 2 heteroatoms. The molecule has 1 rings (SSSR count). The number of hydrogen-bond acceptors (Lipinski definition) is 1. The Bertz CT molecular complexity index is 236. The van der Waals surface area contributed by atoms with E-state index in [0.29, 0.717) is 5.92 Å². The number of allylic oxidation sites excluding steroid dienone is 2. The van der Waals surface area contributed by atoms with Gasteiger partial charge in [-0.1, -0.05) is 25.5 Å². The first-order valence-corrected chi connectivity index (χ1v) is 4.59. The molecule has 12 heavy (non-hydrogen) atoms. The third kappa shape index (κ3) is 1.56. The van der Waals surface area contributed by atoms with Crippen LogP contribution in [0.15, 0.2) is 11.6 Å². The summed E-state index contributed by atoms with van der Waals surface area (Å²) in [6.07, 6.45) is 2.14. The van der Waals surface area contributed by atoms with E-state index in [4.69, 9.17) is 11.6 Å². The van der Waals surface area contributed by atoms with Gasteiger partial charge in [0.2, 0.25) is 5.24 Å². The summed E-state index contributed by atoms with van der Waals surface area (Å²) in [5.41, 5.74) is 1.34. The van der Waals surface area contributed by atoms with Crippen LogP contribution in [0.5, 0.6) is 0 Å². The summed E-state index contributed by atoms with van der Waals surface area (Å²) in [6, 6.07) is 0. The maximum atomic E-state index is 10.9. The number of carbonyl (C=O) groups excluding carboxylic acids is 1. The zero-order valence-electron chi connectivity index (χ0n) is 8.02. The maximum Gasteiger partial charge on any atom is 0.225 e. The first-order valence-electron chi connectivity index (χ1n) is 4.21. The van der Waals surface area contributed by atoms with Crippen LogP contribution in [0.3, 0.4) is 0 Å². The van der Waals surface area contributed by atoms with E-state index in [-0.39, 0.29) is 16.6 Å². The molecule has 0 aromatic carbocycles. The Labute approximate surface area is 78.8 Å². The molecule has 0 saturated heterocycles. The average molecular weight is 187 g/mol. The summed E-state index contributed by atoms with van der Waals surface area (Å²) < 4.78 is 0. The van der Waals surface area contributed by atoms with Crippen molar-refractivity contribution in [3.63, 3.8) is 0 Å². The second-order valence-electron chi connectivity index (χ2n) is 4.37. The molecule has 68 valence electrons. The lowest BCUT2D eigenvalue weighted by molar-refractivity contribution is -0.113. The summed E-state index contributed by atoms with van der Waals surface area (Å²) in [4.78, 5) is 10.9. The second kappa shape index (κ2) is 2.88. The molecule has 0 aromatic heterocycles. The number of carbonyl (C=O) groups is 1. The van der Waals surface area contributed by atoms with Gasteiger partial charge < -0.3 is 0 Å². The minimum absolute atomic E-state index is 0.0362. The second-order valence-corrected chi connectivity index (χ2v) is 4.75. The Hall–Kier alpha value is -0.300. The quantitative estimate of drug-likeness (QED) is 0.479. The highest BCUT2D eigenvalue weighted by molar-refractivity contribution is 6.64. The first kappa shape index (κ1) is 9.79. The molecule has 0 aromatic rings. The average Bonchev–Trinajstić information content (AvgIpc) is 2.32. The van der Waals surface area contributed by atoms with Crippen molar-refractivity contribution in [2.24, 2.45) is 17.3 Å². The number of rotatable bonds is 2. The molecule has 1 unspecified atom stereocenters. The summed E-state index contributed by atoms with van der Waals surface area (Å²) in [7, 11) is 0. The monoisotopic (exact) mass is 186 g/mol. The highest BCUT2D eigenvalue weighted by Gasteiger charge is 2.59. The fourth-order valence-corrected chi connectivity index (χ4v) is 2.20. The molecule has 0 bridgehead atoms. The van der Waals surface area contributed by atoms with Crippen molar-refractivity contribution in [1.29, 1.82) is 0 Å². The van der Waals surface area contributed by atoms with E-state index in [1.54, 1.807) is 0 Å². The van der Waals surface area contributed by atoms with Gasteiger partial charge in [0.05, 0.1) is 0 Å². The van der Waals surface area contributed by atoms with E-state index in [0.717, 1.165) is 0 Å². The van der Waals surface area contributed by atoms with E-state index in [1.807, 2.05) is 13.8 Å². The van der Waals surface area contributed by atoms with Crippen molar-refractivity contribution in [1.82, 2.24) is 0 Å². The van der Waals surface area contributed by atoms with Crippen LogP contribution in [0.25, 0.3) is 0 Å². The third-order valence-corrected chi connectivity index (χ3v) is 2.90. The molecule has 2 atom stereocenters. The molecule has 0 heterocycles. The summed E-state index contributed by atoms with van der Waals surface area (Å²) in [5.74, 6) is 0.390. The highest BCUT2D eigenvalue weighted by Crippen LogP contribution is 2.60.